The third-order valence-electron chi connectivity index (χ3n) is 11.5. The molecule has 1 N–H and O–H groups in total. The summed E-state index contributed by atoms with van der Waals surface area (Å²) in [5, 5.41) is 11.3. The molecule has 0 aromatic rings. The van der Waals surface area contributed by atoms with E-state index >= 15 is 0 Å². The number of aliphatic hydroxyl groups excluding tert-OH is 1. The first-order valence-corrected chi connectivity index (χ1v) is 21.5. The predicted molar refractivity (Wildman–Crippen MR) is 120 cm³/mol. The van der Waals surface area contributed by atoms with E-state index in [9.17, 15) is 5.11 Å². The SMILES string of the molecule is CCC[CH2][Sn]([CH2]CCC)([CH2]CCC)[CH2][C@@]12CO[C@@H]3[C@@H]4[C@H]5C[C@H]6[C@H]4[C@H](O)[C@H]([C@H]6[C@H]51)[C@@H]32. The standard InChI is InChI=1S/C14H17O2.3C4H9.Sn/c1-14-3-16-13-8-5-2-4-6(10(5)14)9(11(13)14)12(15)7(4)8;3*1-3-4-2;/h4-13,15H,1-3H2;3*1,3-4H2,2H3;/t4-,5-,6+,7-,8-,9-,10+,11+,12+,13-,14-;;;;/m1..../s1. The van der Waals surface area contributed by atoms with Gasteiger partial charge in [-0.3, -0.25) is 0 Å². The molecule has 0 aromatic carbocycles. The van der Waals surface area contributed by atoms with Gasteiger partial charge >= 0.3 is 183 Å². The van der Waals surface area contributed by atoms with Crippen LogP contribution in [0.1, 0.15) is 65.7 Å². The van der Waals surface area contributed by atoms with Crippen molar-refractivity contribution in [3.05, 3.63) is 0 Å². The summed E-state index contributed by atoms with van der Waals surface area (Å²) in [6.45, 7) is 8.33. The van der Waals surface area contributed by atoms with Crippen molar-refractivity contribution in [1.29, 1.82) is 0 Å². The number of fused-ring (bicyclic) bond motifs is 2. The van der Waals surface area contributed by atoms with Crippen LogP contribution < -0.4 is 0 Å². The van der Waals surface area contributed by atoms with Gasteiger partial charge in [0.05, 0.1) is 0 Å². The Kier molecular flexibility index (Phi) is 4.98. The molecule has 0 spiro atoms. The van der Waals surface area contributed by atoms with Crippen LogP contribution in [0.3, 0.4) is 0 Å². The molecule has 0 unspecified atom stereocenters. The summed E-state index contributed by atoms with van der Waals surface area (Å²) in [5.74, 6) is 6.48. The fourth-order valence-corrected chi connectivity index (χ4v) is 29.8. The van der Waals surface area contributed by atoms with Crippen molar-refractivity contribution < 1.29 is 9.84 Å². The van der Waals surface area contributed by atoms with Crippen LogP contribution in [0.2, 0.25) is 17.7 Å². The van der Waals surface area contributed by atoms with E-state index < -0.39 is 18.4 Å². The predicted octanol–water partition coefficient (Wildman–Crippen LogP) is 5.97. The Morgan fingerprint density at radius 2 is 1.48 bits per heavy atom. The van der Waals surface area contributed by atoms with E-state index in [1.807, 2.05) is 0 Å². The quantitative estimate of drug-likeness (QED) is 0.350. The van der Waals surface area contributed by atoms with Gasteiger partial charge in [0.2, 0.25) is 0 Å². The van der Waals surface area contributed by atoms with Gasteiger partial charge in [-0.25, -0.2) is 0 Å². The van der Waals surface area contributed by atoms with Crippen molar-refractivity contribution in [3.8, 4) is 0 Å². The average Bonchev–Trinajstić information content (AvgIpc) is 3.44. The minimum absolute atomic E-state index is 0.0429. The summed E-state index contributed by atoms with van der Waals surface area (Å²) in [5.41, 5.74) is 0.521. The molecule has 0 aromatic heterocycles. The molecule has 1 aliphatic heterocycles. The molecule has 2 nitrogen and oxygen atoms in total. The van der Waals surface area contributed by atoms with Crippen molar-refractivity contribution in [2.45, 2.75) is 95.7 Å². The van der Waals surface area contributed by atoms with Crippen molar-refractivity contribution in [2.24, 2.45) is 52.8 Å². The normalized spacial score (nSPS) is 52.6. The summed E-state index contributed by atoms with van der Waals surface area (Å²) < 4.78 is 13.4. The number of ether oxygens (including phenoxy) is 1. The van der Waals surface area contributed by atoms with E-state index in [0.29, 0.717) is 23.4 Å². The molecular formula is C26H44O2Sn. The maximum absolute atomic E-state index is 11.3. The molecular weight excluding hydrogens is 463 g/mol. The molecule has 5 aliphatic carbocycles. The van der Waals surface area contributed by atoms with Crippen LogP contribution in [-0.4, -0.2) is 42.3 Å². The van der Waals surface area contributed by atoms with Crippen molar-refractivity contribution in [3.63, 3.8) is 0 Å². The van der Waals surface area contributed by atoms with Gasteiger partial charge in [0.25, 0.3) is 0 Å². The maximum atomic E-state index is 11.3. The van der Waals surface area contributed by atoms with E-state index in [2.05, 4.69) is 20.8 Å². The first-order valence-electron chi connectivity index (χ1n) is 13.4. The molecule has 11 atom stereocenters. The van der Waals surface area contributed by atoms with Crippen LogP contribution in [0.4, 0.5) is 0 Å². The molecule has 164 valence electrons. The van der Waals surface area contributed by atoms with Crippen LogP contribution in [-0.2, 0) is 4.74 Å². The zero-order valence-corrected chi connectivity index (χ0v) is 22.0. The molecule has 1 saturated heterocycles. The van der Waals surface area contributed by atoms with Gasteiger partial charge in [-0.05, 0) is 0 Å². The van der Waals surface area contributed by atoms with E-state index in [1.165, 1.54) is 44.9 Å². The van der Waals surface area contributed by atoms with Crippen molar-refractivity contribution in [1.82, 2.24) is 0 Å². The van der Waals surface area contributed by atoms with Crippen LogP contribution in [0.15, 0.2) is 0 Å². The van der Waals surface area contributed by atoms with E-state index in [4.69, 9.17) is 4.74 Å². The first-order chi connectivity index (χ1) is 14.1. The molecule has 1 heterocycles. The molecule has 3 heteroatoms. The third kappa shape index (κ3) is 2.44. The van der Waals surface area contributed by atoms with Crippen LogP contribution in [0.5, 0.6) is 0 Å². The van der Waals surface area contributed by atoms with E-state index in [-0.39, 0.29) is 6.10 Å². The minimum atomic E-state index is -2.23. The second-order valence-electron chi connectivity index (χ2n) is 12.4. The monoisotopic (exact) mass is 508 g/mol. The Hall–Kier alpha value is 0.719. The summed E-state index contributed by atoms with van der Waals surface area (Å²) in [4.78, 5) is 0. The summed E-state index contributed by atoms with van der Waals surface area (Å²) in [6, 6.07) is 0. The number of hydrogen-bond acceptors (Lipinski definition) is 2. The van der Waals surface area contributed by atoms with Crippen LogP contribution >= 0.6 is 0 Å². The first kappa shape index (κ1) is 20.3. The number of hydrogen-bond donors (Lipinski definition) is 1. The Morgan fingerprint density at radius 3 is 2.10 bits per heavy atom. The Morgan fingerprint density at radius 1 is 0.828 bits per heavy atom. The molecule has 29 heavy (non-hydrogen) atoms. The fourth-order valence-electron chi connectivity index (χ4n) is 11.1. The molecule has 6 fully saturated rings. The fraction of sp³-hybridized carbons (Fsp3) is 1.00. The molecule has 6 bridgehead atoms. The second kappa shape index (κ2) is 7.11. The van der Waals surface area contributed by atoms with Crippen LogP contribution in [0.25, 0.3) is 0 Å². The topological polar surface area (TPSA) is 29.5 Å². The average molecular weight is 507 g/mol. The Balaban J connectivity index is 1.36. The van der Waals surface area contributed by atoms with Gasteiger partial charge < -0.3 is 0 Å². The van der Waals surface area contributed by atoms with Gasteiger partial charge in [0, 0.05) is 0 Å². The van der Waals surface area contributed by atoms with Crippen LogP contribution in [0, 0.1) is 52.8 Å². The molecule has 0 amide bonds. The Labute approximate surface area is 182 Å². The molecule has 6 aliphatic rings. The summed E-state index contributed by atoms with van der Waals surface area (Å²) in [7, 11) is 0. The van der Waals surface area contributed by atoms with Gasteiger partial charge in [-0.1, -0.05) is 0 Å². The zero-order valence-electron chi connectivity index (χ0n) is 19.1. The number of aliphatic hydroxyl groups is 1. The van der Waals surface area contributed by atoms with Gasteiger partial charge in [0.15, 0.2) is 0 Å². The molecule has 6 rings (SSSR count). The molecule has 0 radical (unpaired) electrons. The summed E-state index contributed by atoms with van der Waals surface area (Å²) >= 11 is -2.23. The van der Waals surface area contributed by atoms with E-state index in [1.54, 1.807) is 17.7 Å². The second-order valence-corrected chi connectivity index (χ2v) is 26.3. The summed E-state index contributed by atoms with van der Waals surface area (Å²) in [6.07, 6.45) is 10.7. The van der Waals surface area contributed by atoms with Gasteiger partial charge in [-0.2, -0.15) is 0 Å². The number of rotatable bonds is 11. The van der Waals surface area contributed by atoms with Gasteiger partial charge in [-0.15, -0.1) is 0 Å². The van der Waals surface area contributed by atoms with Crippen molar-refractivity contribution in [2.75, 3.05) is 6.61 Å². The zero-order chi connectivity index (χ0) is 20.0. The number of unbranched alkanes of at least 4 members (excludes halogenated alkanes) is 3. The van der Waals surface area contributed by atoms with Gasteiger partial charge in [0.1, 0.15) is 0 Å². The Bertz CT molecular complexity index is 619. The molecule has 5 saturated carbocycles. The van der Waals surface area contributed by atoms with Crippen molar-refractivity contribution >= 4 is 18.4 Å². The van der Waals surface area contributed by atoms with E-state index in [0.717, 1.165) is 42.1 Å². The third-order valence-corrected chi connectivity index (χ3v) is 27.6.